The third-order valence-electron chi connectivity index (χ3n) is 1.88. The Hall–Kier alpha value is -0.770. The van der Waals surface area contributed by atoms with Crippen molar-refractivity contribution in [3.05, 3.63) is 10.8 Å². The van der Waals surface area contributed by atoms with E-state index in [1.54, 1.807) is 0 Å². The minimum absolute atomic E-state index is 0.263. The van der Waals surface area contributed by atoms with Crippen LogP contribution in [0.3, 0.4) is 0 Å². The lowest BCUT2D eigenvalue weighted by molar-refractivity contribution is -0.118. The number of hydrogen-bond donors (Lipinski definition) is 0. The highest BCUT2D eigenvalue weighted by atomic mass is 32.1. The molecule has 0 saturated heterocycles. The van der Waals surface area contributed by atoms with Gasteiger partial charge in [0, 0.05) is 12.3 Å². The number of ketones is 1. The van der Waals surface area contributed by atoms with Gasteiger partial charge >= 0.3 is 0 Å². The predicted molar refractivity (Wildman–Crippen MR) is 57.6 cm³/mol. The van der Waals surface area contributed by atoms with Crippen LogP contribution in [-0.2, 0) is 11.2 Å². The number of carbonyl (C=O) groups is 1. The molecular weight excluding hydrogens is 196 g/mol. The molecular formula is C10H16N2OS. The molecule has 0 aliphatic carbocycles. The van der Waals surface area contributed by atoms with Gasteiger partial charge in [-0.1, -0.05) is 20.8 Å². The van der Waals surface area contributed by atoms with Crippen LogP contribution >= 0.6 is 11.5 Å². The van der Waals surface area contributed by atoms with Gasteiger partial charge in [-0.2, -0.15) is 4.37 Å². The van der Waals surface area contributed by atoms with E-state index in [-0.39, 0.29) is 5.78 Å². The molecule has 0 unspecified atom stereocenters. The molecule has 0 aliphatic rings. The van der Waals surface area contributed by atoms with Gasteiger partial charge in [-0.05, 0) is 18.0 Å². The maximum absolute atomic E-state index is 11.3. The highest BCUT2D eigenvalue weighted by molar-refractivity contribution is 7.05. The lowest BCUT2D eigenvalue weighted by Crippen LogP contribution is -2.01. The SMILES string of the molecule is CCCC(=O)Cc1nc(C(C)C)ns1. The van der Waals surface area contributed by atoms with E-state index >= 15 is 0 Å². The summed E-state index contributed by atoms with van der Waals surface area (Å²) in [5, 5.41) is 0.854. The molecule has 0 spiro atoms. The van der Waals surface area contributed by atoms with Crippen molar-refractivity contribution < 1.29 is 4.79 Å². The van der Waals surface area contributed by atoms with Crippen LogP contribution in [0.2, 0.25) is 0 Å². The number of hydrogen-bond acceptors (Lipinski definition) is 4. The average Bonchev–Trinajstić information content (AvgIpc) is 2.53. The van der Waals surface area contributed by atoms with Crippen LogP contribution in [0.25, 0.3) is 0 Å². The van der Waals surface area contributed by atoms with Gasteiger partial charge in [0.25, 0.3) is 0 Å². The lowest BCUT2D eigenvalue weighted by Gasteiger charge is -1.95. The van der Waals surface area contributed by atoms with Crippen molar-refractivity contribution in [2.75, 3.05) is 0 Å². The number of nitrogens with zero attached hydrogens (tertiary/aromatic N) is 2. The Morgan fingerprint density at radius 1 is 1.50 bits per heavy atom. The normalized spacial score (nSPS) is 10.9. The summed E-state index contributed by atoms with van der Waals surface area (Å²) in [6, 6.07) is 0. The first-order chi connectivity index (χ1) is 6.63. The topological polar surface area (TPSA) is 42.9 Å². The largest absolute Gasteiger partial charge is 0.299 e. The highest BCUT2D eigenvalue weighted by Gasteiger charge is 2.10. The standard InChI is InChI=1S/C10H16N2OS/c1-4-5-8(13)6-9-11-10(7(2)3)12-14-9/h7H,4-6H2,1-3H3. The summed E-state index contributed by atoms with van der Waals surface area (Å²) >= 11 is 1.35. The van der Waals surface area contributed by atoms with Crippen molar-refractivity contribution in [2.45, 2.75) is 46.0 Å². The zero-order chi connectivity index (χ0) is 10.6. The molecule has 0 bridgehead atoms. The molecule has 0 aliphatic heterocycles. The zero-order valence-electron chi connectivity index (χ0n) is 8.91. The van der Waals surface area contributed by atoms with Gasteiger partial charge in [0.05, 0.1) is 6.42 Å². The molecule has 0 saturated carbocycles. The fourth-order valence-corrected chi connectivity index (χ4v) is 1.92. The molecule has 1 rings (SSSR count). The number of aromatic nitrogens is 2. The van der Waals surface area contributed by atoms with E-state index in [1.165, 1.54) is 11.5 Å². The monoisotopic (exact) mass is 212 g/mol. The maximum atomic E-state index is 11.3. The molecule has 3 nitrogen and oxygen atoms in total. The van der Waals surface area contributed by atoms with Crippen LogP contribution in [0.5, 0.6) is 0 Å². The first-order valence-electron chi connectivity index (χ1n) is 4.97. The Morgan fingerprint density at radius 3 is 2.71 bits per heavy atom. The smallest absolute Gasteiger partial charge is 0.145 e. The van der Waals surface area contributed by atoms with E-state index in [0.717, 1.165) is 17.3 Å². The molecule has 0 aromatic carbocycles. The van der Waals surface area contributed by atoms with Gasteiger partial charge < -0.3 is 0 Å². The molecule has 0 fully saturated rings. The van der Waals surface area contributed by atoms with Crippen molar-refractivity contribution in [1.29, 1.82) is 0 Å². The van der Waals surface area contributed by atoms with Crippen molar-refractivity contribution in [3.63, 3.8) is 0 Å². The van der Waals surface area contributed by atoms with Gasteiger partial charge in [-0.25, -0.2) is 4.98 Å². The van der Waals surface area contributed by atoms with Crippen molar-refractivity contribution in [2.24, 2.45) is 0 Å². The van der Waals surface area contributed by atoms with Gasteiger partial charge in [-0.15, -0.1) is 0 Å². The highest BCUT2D eigenvalue weighted by Crippen LogP contribution is 2.14. The van der Waals surface area contributed by atoms with Gasteiger partial charge in [0.1, 0.15) is 16.6 Å². The Bertz CT molecular complexity index is 307. The van der Waals surface area contributed by atoms with Gasteiger partial charge in [-0.3, -0.25) is 4.79 Å². The van der Waals surface area contributed by atoms with E-state index in [0.29, 0.717) is 18.8 Å². The average molecular weight is 212 g/mol. The molecule has 4 heteroatoms. The molecule has 14 heavy (non-hydrogen) atoms. The molecule has 0 atom stereocenters. The minimum atomic E-state index is 0.263. The van der Waals surface area contributed by atoms with Crippen molar-refractivity contribution in [3.8, 4) is 0 Å². The number of Topliss-reactive ketones (excluding diaryl/α,β-unsaturated/α-hetero) is 1. The summed E-state index contributed by atoms with van der Waals surface area (Å²) in [5.74, 6) is 1.47. The fraction of sp³-hybridized carbons (Fsp3) is 0.700. The van der Waals surface area contributed by atoms with Crippen LogP contribution in [0, 0.1) is 0 Å². The third-order valence-corrected chi connectivity index (χ3v) is 2.60. The van der Waals surface area contributed by atoms with Crippen LogP contribution in [0.4, 0.5) is 0 Å². The van der Waals surface area contributed by atoms with Crippen LogP contribution in [-0.4, -0.2) is 15.1 Å². The molecule has 0 radical (unpaired) electrons. The molecule has 0 N–H and O–H groups in total. The first-order valence-corrected chi connectivity index (χ1v) is 5.75. The quantitative estimate of drug-likeness (QED) is 0.753. The second kappa shape index (κ2) is 5.20. The molecule has 1 aromatic rings. The maximum Gasteiger partial charge on any atom is 0.145 e. The summed E-state index contributed by atoms with van der Waals surface area (Å²) in [6.07, 6.45) is 2.02. The van der Waals surface area contributed by atoms with E-state index in [2.05, 4.69) is 23.2 Å². The Kier molecular flexibility index (Phi) is 4.20. The predicted octanol–water partition coefficient (Wildman–Crippen LogP) is 2.57. The van der Waals surface area contributed by atoms with E-state index in [1.807, 2.05) is 6.92 Å². The summed E-state index contributed by atoms with van der Waals surface area (Å²) in [4.78, 5) is 15.6. The number of carbonyl (C=O) groups excluding carboxylic acids is 1. The van der Waals surface area contributed by atoms with Gasteiger partial charge in [0.2, 0.25) is 0 Å². The summed E-state index contributed by atoms with van der Waals surface area (Å²) in [6.45, 7) is 6.12. The van der Waals surface area contributed by atoms with E-state index in [4.69, 9.17) is 0 Å². The Morgan fingerprint density at radius 2 is 2.21 bits per heavy atom. The third kappa shape index (κ3) is 3.18. The van der Waals surface area contributed by atoms with Crippen molar-refractivity contribution >= 4 is 17.3 Å². The first kappa shape index (κ1) is 11.3. The Labute approximate surface area is 88.7 Å². The van der Waals surface area contributed by atoms with E-state index < -0.39 is 0 Å². The van der Waals surface area contributed by atoms with E-state index in [9.17, 15) is 4.79 Å². The molecule has 1 aromatic heterocycles. The summed E-state index contributed by atoms with van der Waals surface area (Å²) in [5.41, 5.74) is 0. The second-order valence-corrected chi connectivity index (χ2v) is 4.50. The summed E-state index contributed by atoms with van der Waals surface area (Å²) in [7, 11) is 0. The Balaban J connectivity index is 2.55. The fourth-order valence-electron chi connectivity index (χ4n) is 1.11. The van der Waals surface area contributed by atoms with Crippen LogP contribution < -0.4 is 0 Å². The van der Waals surface area contributed by atoms with Crippen molar-refractivity contribution in [1.82, 2.24) is 9.36 Å². The van der Waals surface area contributed by atoms with Gasteiger partial charge in [0.15, 0.2) is 0 Å². The number of rotatable bonds is 5. The summed E-state index contributed by atoms with van der Waals surface area (Å²) < 4.78 is 4.21. The van der Waals surface area contributed by atoms with Crippen LogP contribution in [0.15, 0.2) is 0 Å². The molecule has 0 amide bonds. The lowest BCUT2D eigenvalue weighted by atomic mass is 10.2. The zero-order valence-corrected chi connectivity index (χ0v) is 9.73. The van der Waals surface area contributed by atoms with Crippen LogP contribution in [0.1, 0.15) is 50.4 Å². The minimum Gasteiger partial charge on any atom is -0.299 e. The molecule has 78 valence electrons. The second-order valence-electron chi connectivity index (χ2n) is 3.67. The molecule has 1 heterocycles.